The molecule has 0 aromatic heterocycles. The second-order valence-corrected chi connectivity index (χ2v) is 15.3. The van der Waals surface area contributed by atoms with Crippen molar-refractivity contribution in [2.45, 2.75) is 206 Å². The van der Waals surface area contributed by atoms with E-state index < -0.39 is 0 Å². The van der Waals surface area contributed by atoms with Gasteiger partial charge in [0.1, 0.15) is 0 Å². The number of nitrogens with zero attached hydrogens (tertiary/aromatic N) is 2. The maximum absolute atomic E-state index is 12.0. The topological polar surface area (TPSA) is 42.0 Å². The number of ether oxygens (including phenoxy) is 2. The Morgan fingerprint density at radius 2 is 1.02 bits per heavy atom. The van der Waals surface area contributed by atoms with Gasteiger partial charge in [-0.15, -0.1) is 0 Å². The van der Waals surface area contributed by atoms with Gasteiger partial charge in [-0.2, -0.15) is 0 Å². The Kier molecular flexibility index (Phi) is 33.0. The average Bonchev–Trinajstić information content (AvgIpc) is 3.09. The third kappa shape index (κ3) is 31.3. The highest BCUT2D eigenvalue weighted by molar-refractivity contribution is 5.69. The van der Waals surface area contributed by atoms with Crippen LogP contribution in [0.3, 0.4) is 0 Å². The molecular weight excluding hydrogens is 604 g/mol. The quantitative estimate of drug-likeness (QED) is 0.0377. The van der Waals surface area contributed by atoms with E-state index in [1.807, 2.05) is 19.0 Å². The van der Waals surface area contributed by atoms with E-state index >= 15 is 0 Å². The number of rotatable bonds is 35. The third-order valence-corrected chi connectivity index (χ3v) is 10.0. The molecule has 1 fully saturated rings. The Morgan fingerprint density at radius 1 is 0.612 bits per heavy atom. The Hall–Kier alpha value is -1.17. The molecule has 1 saturated heterocycles. The Balaban J connectivity index is 2.28. The van der Waals surface area contributed by atoms with Gasteiger partial charge in [-0.1, -0.05) is 141 Å². The zero-order valence-corrected chi connectivity index (χ0v) is 33.4. The SMILES string of the molecule is CCCCCCCC/C=C\CCCCCCC1CN(CCCOC(=O)CCN(C)C)CC(CCCCCC/C=C\CCCCCCCC)O1. The summed E-state index contributed by atoms with van der Waals surface area (Å²) in [6.07, 6.45) is 46.2. The summed E-state index contributed by atoms with van der Waals surface area (Å²) in [5.41, 5.74) is 0. The number of unbranched alkanes of at least 4 members (excludes halogenated alkanes) is 20. The van der Waals surface area contributed by atoms with Gasteiger partial charge in [-0.25, -0.2) is 0 Å². The number of esters is 1. The summed E-state index contributed by atoms with van der Waals surface area (Å²) in [5, 5.41) is 0. The van der Waals surface area contributed by atoms with Crippen LogP contribution in [0.5, 0.6) is 0 Å². The van der Waals surface area contributed by atoms with Crippen molar-refractivity contribution < 1.29 is 14.3 Å². The van der Waals surface area contributed by atoms with Crippen LogP contribution in [0.2, 0.25) is 0 Å². The van der Waals surface area contributed by atoms with Crippen molar-refractivity contribution in [2.24, 2.45) is 0 Å². The molecule has 0 spiro atoms. The lowest BCUT2D eigenvalue weighted by Gasteiger charge is -2.38. The molecule has 1 rings (SSSR count). The lowest BCUT2D eigenvalue weighted by atomic mass is 10.0. The number of morpholine rings is 1. The van der Waals surface area contributed by atoms with Gasteiger partial charge in [0.25, 0.3) is 0 Å². The lowest BCUT2D eigenvalue weighted by Crippen LogP contribution is -2.48. The van der Waals surface area contributed by atoms with Gasteiger partial charge in [-0.05, 0) is 84.7 Å². The first-order valence-electron chi connectivity index (χ1n) is 21.5. The van der Waals surface area contributed by atoms with Crippen molar-refractivity contribution >= 4 is 5.97 Å². The normalized spacial score (nSPS) is 17.2. The maximum Gasteiger partial charge on any atom is 0.307 e. The Labute approximate surface area is 306 Å². The van der Waals surface area contributed by atoms with Crippen molar-refractivity contribution in [3.8, 4) is 0 Å². The smallest absolute Gasteiger partial charge is 0.307 e. The molecule has 49 heavy (non-hydrogen) atoms. The fourth-order valence-electron chi connectivity index (χ4n) is 6.90. The number of hydrogen-bond acceptors (Lipinski definition) is 5. The Morgan fingerprint density at radius 3 is 1.45 bits per heavy atom. The summed E-state index contributed by atoms with van der Waals surface area (Å²) >= 11 is 0. The van der Waals surface area contributed by atoms with Gasteiger partial charge in [0.15, 0.2) is 0 Å². The van der Waals surface area contributed by atoms with Crippen molar-refractivity contribution in [3.63, 3.8) is 0 Å². The fourth-order valence-corrected chi connectivity index (χ4v) is 6.90. The summed E-state index contributed by atoms with van der Waals surface area (Å²) < 4.78 is 12.2. The van der Waals surface area contributed by atoms with Crippen LogP contribution in [0.4, 0.5) is 0 Å². The van der Waals surface area contributed by atoms with E-state index in [1.165, 1.54) is 167 Å². The molecule has 0 aromatic carbocycles. The minimum Gasteiger partial charge on any atom is -0.466 e. The highest BCUT2D eigenvalue weighted by atomic mass is 16.5. The third-order valence-electron chi connectivity index (χ3n) is 10.0. The number of hydrogen-bond donors (Lipinski definition) is 0. The molecule has 0 bridgehead atoms. The number of carbonyl (C=O) groups excluding carboxylic acids is 1. The molecule has 5 heteroatoms. The molecule has 0 N–H and O–H groups in total. The van der Waals surface area contributed by atoms with Crippen LogP contribution in [0.15, 0.2) is 24.3 Å². The van der Waals surface area contributed by atoms with E-state index in [0.29, 0.717) is 25.2 Å². The number of allylic oxidation sites excluding steroid dienone is 4. The largest absolute Gasteiger partial charge is 0.466 e. The van der Waals surface area contributed by atoms with Gasteiger partial charge in [0, 0.05) is 26.2 Å². The summed E-state index contributed by atoms with van der Waals surface area (Å²) in [5.74, 6) is -0.0759. The van der Waals surface area contributed by atoms with Gasteiger partial charge in [0.05, 0.1) is 25.2 Å². The van der Waals surface area contributed by atoms with Crippen LogP contribution in [0.1, 0.15) is 194 Å². The highest BCUT2D eigenvalue weighted by Gasteiger charge is 2.27. The van der Waals surface area contributed by atoms with Gasteiger partial charge in [-0.3, -0.25) is 9.69 Å². The van der Waals surface area contributed by atoms with Gasteiger partial charge < -0.3 is 14.4 Å². The summed E-state index contributed by atoms with van der Waals surface area (Å²) in [4.78, 5) is 16.7. The molecule has 0 aromatic rings. The second-order valence-electron chi connectivity index (χ2n) is 15.3. The lowest BCUT2D eigenvalue weighted by molar-refractivity contribution is -0.144. The minimum atomic E-state index is -0.0759. The fraction of sp³-hybridized carbons (Fsp3) is 0.886. The molecule has 288 valence electrons. The van der Waals surface area contributed by atoms with Crippen LogP contribution in [-0.4, -0.2) is 74.9 Å². The molecule has 0 saturated carbocycles. The molecule has 1 aliphatic heterocycles. The van der Waals surface area contributed by atoms with Crippen LogP contribution in [-0.2, 0) is 14.3 Å². The first kappa shape index (κ1) is 45.9. The van der Waals surface area contributed by atoms with E-state index in [0.717, 1.165) is 32.6 Å². The predicted octanol–water partition coefficient (Wildman–Crippen LogP) is 12.2. The molecule has 1 heterocycles. The van der Waals surface area contributed by atoms with Gasteiger partial charge in [0.2, 0.25) is 0 Å². The predicted molar refractivity (Wildman–Crippen MR) is 214 cm³/mol. The second kappa shape index (κ2) is 35.2. The molecule has 0 aliphatic carbocycles. The molecule has 2 unspecified atom stereocenters. The van der Waals surface area contributed by atoms with Crippen molar-refractivity contribution in [1.29, 1.82) is 0 Å². The molecule has 0 radical (unpaired) electrons. The van der Waals surface area contributed by atoms with Crippen LogP contribution < -0.4 is 0 Å². The highest BCUT2D eigenvalue weighted by Crippen LogP contribution is 2.22. The van der Waals surface area contributed by atoms with Crippen LogP contribution >= 0.6 is 0 Å². The Bertz CT molecular complexity index is 721. The van der Waals surface area contributed by atoms with E-state index in [4.69, 9.17) is 9.47 Å². The van der Waals surface area contributed by atoms with E-state index in [2.05, 4.69) is 43.1 Å². The van der Waals surface area contributed by atoms with Gasteiger partial charge >= 0.3 is 5.97 Å². The molecule has 0 amide bonds. The molecule has 5 nitrogen and oxygen atoms in total. The molecule has 1 aliphatic rings. The summed E-state index contributed by atoms with van der Waals surface area (Å²) in [7, 11) is 3.98. The van der Waals surface area contributed by atoms with E-state index in [9.17, 15) is 4.79 Å². The van der Waals surface area contributed by atoms with Crippen LogP contribution in [0.25, 0.3) is 0 Å². The van der Waals surface area contributed by atoms with Crippen molar-refractivity contribution in [2.75, 3.05) is 46.9 Å². The van der Waals surface area contributed by atoms with Crippen molar-refractivity contribution in [1.82, 2.24) is 9.80 Å². The molecule has 2 atom stereocenters. The maximum atomic E-state index is 12.0. The summed E-state index contributed by atoms with van der Waals surface area (Å²) in [6, 6.07) is 0. The van der Waals surface area contributed by atoms with Crippen LogP contribution in [0, 0.1) is 0 Å². The zero-order valence-electron chi connectivity index (χ0n) is 33.4. The zero-order chi connectivity index (χ0) is 35.5. The standard InChI is InChI=1S/C44H84N2O3/c1-5-7-9-11-13-15-17-19-21-23-25-27-29-31-34-42-40-46(37-33-39-48-44(47)36-38-45(3)4)41-43(49-42)35-32-30-28-26-24-22-20-18-16-14-12-10-8-6-2/h19-22,42-43H,5-18,23-41H2,1-4H3/b21-19-,22-20-. The van der Waals surface area contributed by atoms with E-state index in [1.54, 1.807) is 0 Å². The minimum absolute atomic E-state index is 0.0759. The monoisotopic (exact) mass is 689 g/mol. The molecular formula is C44H84N2O3. The average molecular weight is 689 g/mol. The summed E-state index contributed by atoms with van der Waals surface area (Å²) in [6.45, 7) is 8.89. The van der Waals surface area contributed by atoms with E-state index in [-0.39, 0.29) is 5.97 Å². The first-order chi connectivity index (χ1) is 24.0. The number of carbonyl (C=O) groups is 1. The first-order valence-corrected chi connectivity index (χ1v) is 21.5. The van der Waals surface area contributed by atoms with Crippen molar-refractivity contribution in [3.05, 3.63) is 24.3 Å².